The van der Waals surface area contributed by atoms with Crippen LogP contribution < -0.4 is 0 Å². The van der Waals surface area contributed by atoms with E-state index in [0.717, 1.165) is 69.1 Å². The summed E-state index contributed by atoms with van der Waals surface area (Å²) < 4.78 is 57.5. The van der Waals surface area contributed by atoms with E-state index >= 15 is 0 Å². The van der Waals surface area contributed by atoms with Gasteiger partial charge in [0.05, 0.1) is 11.0 Å². The third-order valence-electron chi connectivity index (χ3n) is 13.0. The monoisotopic (exact) mass is 988 g/mol. The third kappa shape index (κ3) is 11.9. The van der Waals surface area contributed by atoms with Gasteiger partial charge in [0.2, 0.25) is 0 Å². The first-order valence-corrected chi connectivity index (χ1v) is 24.1. The molecule has 4 atom stereocenters. The standard InChI is InChI=1S/2C29H29ClF2N2O/c2*1-4-19-14-21-10-11-22(15-26(21)33-28(19)30)27(20-8-6-5-7-9-20)29(35,12-13-34(2)3)23-16-24(31)18-25(32)17-23/h2*5-11,14-18,27,35H,4,12-13H2,1-3H3/t2*27-,29+/m00/s1. The quantitative estimate of drug-likeness (QED) is 0.0742. The number of fused-ring (bicyclic) bond motifs is 2. The molecule has 0 bridgehead atoms. The summed E-state index contributed by atoms with van der Waals surface area (Å²) in [5.41, 5.74) is 3.72. The summed E-state index contributed by atoms with van der Waals surface area (Å²) >= 11 is 12.8. The molecule has 6 nitrogen and oxygen atoms in total. The molecule has 0 unspecified atom stereocenters. The molecule has 70 heavy (non-hydrogen) atoms. The fourth-order valence-electron chi connectivity index (χ4n) is 9.35. The highest BCUT2D eigenvalue weighted by molar-refractivity contribution is 6.31. The van der Waals surface area contributed by atoms with Crippen molar-refractivity contribution < 1.29 is 27.8 Å². The van der Waals surface area contributed by atoms with Crippen molar-refractivity contribution >= 4 is 45.0 Å². The van der Waals surface area contributed by atoms with Gasteiger partial charge in [0, 0.05) is 47.8 Å². The van der Waals surface area contributed by atoms with Crippen LogP contribution in [-0.4, -0.2) is 71.3 Å². The Morgan fingerprint density at radius 1 is 0.471 bits per heavy atom. The van der Waals surface area contributed by atoms with Crippen LogP contribution >= 0.6 is 23.2 Å². The van der Waals surface area contributed by atoms with E-state index in [4.69, 9.17) is 23.2 Å². The van der Waals surface area contributed by atoms with Gasteiger partial charge in [-0.3, -0.25) is 0 Å². The van der Waals surface area contributed by atoms with Crippen LogP contribution in [0.1, 0.15) is 83.0 Å². The minimum absolute atomic E-state index is 0.193. The number of aliphatic hydroxyl groups is 2. The topological polar surface area (TPSA) is 72.7 Å². The number of nitrogens with zero attached hydrogens (tertiary/aromatic N) is 4. The molecular formula is C58H58Cl2F4N4O2. The summed E-state index contributed by atoms with van der Waals surface area (Å²) in [5.74, 6) is -4.13. The Morgan fingerprint density at radius 3 is 1.13 bits per heavy atom. The van der Waals surface area contributed by atoms with Crippen molar-refractivity contribution in [3.8, 4) is 0 Å². The number of halogens is 6. The molecule has 12 heteroatoms. The highest BCUT2D eigenvalue weighted by Crippen LogP contribution is 2.47. The van der Waals surface area contributed by atoms with Gasteiger partial charge in [-0.1, -0.05) is 122 Å². The van der Waals surface area contributed by atoms with Gasteiger partial charge in [-0.25, -0.2) is 27.5 Å². The molecule has 2 N–H and O–H groups in total. The van der Waals surface area contributed by atoms with Crippen molar-refractivity contribution in [1.82, 2.24) is 19.8 Å². The molecule has 2 heterocycles. The lowest BCUT2D eigenvalue weighted by molar-refractivity contribution is 0.00368. The molecule has 0 saturated carbocycles. The molecule has 0 saturated heterocycles. The van der Waals surface area contributed by atoms with Crippen LogP contribution in [0.15, 0.2) is 146 Å². The average Bonchev–Trinajstić information content (AvgIpc) is 3.32. The predicted molar refractivity (Wildman–Crippen MR) is 276 cm³/mol. The molecular weight excluding hydrogens is 932 g/mol. The molecule has 0 fully saturated rings. The molecule has 8 aromatic rings. The number of rotatable bonds is 16. The molecule has 0 amide bonds. The van der Waals surface area contributed by atoms with Gasteiger partial charge in [-0.15, -0.1) is 0 Å². The Morgan fingerprint density at radius 2 is 0.814 bits per heavy atom. The second kappa shape index (κ2) is 22.6. The van der Waals surface area contributed by atoms with Crippen LogP contribution in [0.2, 0.25) is 10.3 Å². The second-order valence-electron chi connectivity index (χ2n) is 18.4. The third-order valence-corrected chi connectivity index (χ3v) is 13.6. The Balaban J connectivity index is 0.000000206. The van der Waals surface area contributed by atoms with E-state index in [1.807, 2.05) is 161 Å². The Kier molecular flexibility index (Phi) is 16.8. The van der Waals surface area contributed by atoms with Gasteiger partial charge in [-0.05, 0) is 147 Å². The first kappa shape index (κ1) is 52.1. The van der Waals surface area contributed by atoms with E-state index in [-0.39, 0.29) is 24.0 Å². The number of benzene rings is 6. The Labute approximate surface area is 418 Å². The zero-order valence-corrected chi connectivity index (χ0v) is 41.7. The molecule has 0 aliphatic rings. The number of hydrogen-bond donors (Lipinski definition) is 2. The van der Waals surface area contributed by atoms with Crippen LogP contribution in [0.5, 0.6) is 0 Å². The lowest BCUT2D eigenvalue weighted by Crippen LogP contribution is -2.37. The van der Waals surface area contributed by atoms with Gasteiger partial charge in [0.1, 0.15) is 44.8 Å². The normalized spacial score (nSPS) is 14.3. The van der Waals surface area contributed by atoms with Crippen LogP contribution in [0.3, 0.4) is 0 Å². The van der Waals surface area contributed by atoms with E-state index in [1.165, 1.54) is 24.3 Å². The Bertz CT molecular complexity index is 2820. The van der Waals surface area contributed by atoms with Gasteiger partial charge in [0.25, 0.3) is 0 Å². The van der Waals surface area contributed by atoms with Gasteiger partial charge in [0.15, 0.2) is 0 Å². The van der Waals surface area contributed by atoms with Crippen molar-refractivity contribution in [1.29, 1.82) is 0 Å². The lowest BCUT2D eigenvalue weighted by atomic mass is 9.71. The maximum atomic E-state index is 14.4. The largest absolute Gasteiger partial charge is 0.384 e. The minimum atomic E-state index is -1.60. The number of aryl methyl sites for hydroxylation is 2. The molecule has 0 aliphatic heterocycles. The maximum absolute atomic E-state index is 14.4. The summed E-state index contributed by atoms with van der Waals surface area (Å²) in [5, 5.41) is 27.5. The van der Waals surface area contributed by atoms with Crippen molar-refractivity contribution in [3.05, 3.63) is 224 Å². The van der Waals surface area contributed by atoms with E-state index in [2.05, 4.69) is 9.97 Å². The van der Waals surface area contributed by atoms with Crippen LogP contribution in [0, 0.1) is 23.3 Å². The van der Waals surface area contributed by atoms with Crippen LogP contribution in [-0.2, 0) is 24.0 Å². The van der Waals surface area contributed by atoms with Gasteiger partial charge < -0.3 is 20.0 Å². The minimum Gasteiger partial charge on any atom is -0.384 e. The highest BCUT2D eigenvalue weighted by Gasteiger charge is 2.43. The first-order valence-electron chi connectivity index (χ1n) is 23.4. The number of aromatic nitrogens is 2. The summed E-state index contributed by atoms with van der Waals surface area (Å²) in [6.07, 6.45) is 2.05. The van der Waals surface area contributed by atoms with Crippen molar-refractivity contribution in [2.24, 2.45) is 0 Å². The molecule has 6 aromatic carbocycles. The van der Waals surface area contributed by atoms with E-state index in [1.54, 1.807) is 0 Å². The molecule has 0 spiro atoms. The molecule has 8 rings (SSSR count). The average molecular weight is 990 g/mol. The van der Waals surface area contributed by atoms with Crippen LogP contribution in [0.4, 0.5) is 17.6 Å². The van der Waals surface area contributed by atoms with Crippen molar-refractivity contribution in [3.63, 3.8) is 0 Å². The second-order valence-corrected chi connectivity index (χ2v) is 19.2. The van der Waals surface area contributed by atoms with E-state index in [0.29, 0.717) is 34.4 Å². The molecule has 364 valence electrons. The molecule has 0 radical (unpaired) electrons. The molecule has 2 aromatic heterocycles. The summed E-state index contributed by atoms with van der Waals surface area (Å²) in [6, 6.07) is 41.3. The number of hydrogen-bond acceptors (Lipinski definition) is 6. The van der Waals surface area contributed by atoms with Gasteiger partial charge in [-0.2, -0.15) is 0 Å². The Hall–Kier alpha value is -5.72. The number of pyridine rings is 2. The summed E-state index contributed by atoms with van der Waals surface area (Å²) in [6.45, 7) is 5.07. The fraction of sp³-hybridized carbons (Fsp3) is 0.276. The lowest BCUT2D eigenvalue weighted by Gasteiger charge is -2.38. The maximum Gasteiger partial charge on any atom is 0.132 e. The highest BCUT2D eigenvalue weighted by atomic mass is 35.5. The van der Waals surface area contributed by atoms with Crippen molar-refractivity contribution in [2.45, 2.75) is 62.6 Å². The van der Waals surface area contributed by atoms with Crippen LogP contribution in [0.25, 0.3) is 21.8 Å². The fourth-order valence-corrected chi connectivity index (χ4v) is 9.91. The molecule has 0 aliphatic carbocycles. The van der Waals surface area contributed by atoms with Crippen molar-refractivity contribution in [2.75, 3.05) is 41.3 Å². The van der Waals surface area contributed by atoms with E-state index < -0.39 is 46.3 Å². The first-order chi connectivity index (χ1) is 33.4. The summed E-state index contributed by atoms with van der Waals surface area (Å²) in [7, 11) is 7.60. The smallest absolute Gasteiger partial charge is 0.132 e. The van der Waals surface area contributed by atoms with Gasteiger partial charge >= 0.3 is 0 Å². The predicted octanol–water partition coefficient (Wildman–Crippen LogP) is 13.4. The SMILES string of the molecule is CCc1cc2ccc([C@H](c3ccccc3)[C@@](O)(CCN(C)C)c3cc(F)cc(F)c3)cc2nc1Cl.CCc1cc2ccc([C@H](c3ccccc3)[C@@](O)(CCN(C)C)c3cc(F)cc(F)c3)cc2nc1Cl. The zero-order valence-electron chi connectivity index (χ0n) is 40.2. The zero-order chi connectivity index (χ0) is 50.3. The van der Waals surface area contributed by atoms with E-state index in [9.17, 15) is 27.8 Å². The summed E-state index contributed by atoms with van der Waals surface area (Å²) in [4.78, 5) is 13.1.